The van der Waals surface area contributed by atoms with Crippen LogP contribution in [0, 0.1) is 0 Å². The second-order valence-corrected chi connectivity index (χ2v) is 6.04. The molecule has 0 saturated carbocycles. The number of nitrogens with zero attached hydrogens (tertiary/aromatic N) is 2. The normalized spacial score (nSPS) is 16.0. The van der Waals surface area contributed by atoms with Gasteiger partial charge in [0.2, 0.25) is 0 Å². The smallest absolute Gasteiger partial charge is 0.276 e. The highest BCUT2D eigenvalue weighted by Gasteiger charge is 2.36. The van der Waals surface area contributed by atoms with Gasteiger partial charge in [-0.25, -0.2) is 0 Å². The fraction of sp³-hybridized carbons (Fsp3) is 0.211. The minimum atomic E-state index is -1.22. The van der Waals surface area contributed by atoms with Crippen molar-refractivity contribution in [2.75, 3.05) is 13.1 Å². The van der Waals surface area contributed by atoms with E-state index in [4.69, 9.17) is 16.6 Å². The van der Waals surface area contributed by atoms with Crippen LogP contribution in [0.3, 0.4) is 0 Å². The number of aromatic carboxylic acids is 1. The summed E-state index contributed by atoms with van der Waals surface area (Å²) in [6.45, 7) is 4.91. The number of carbonyl (C=O) groups excluding carboxylic acids is 2. The van der Waals surface area contributed by atoms with Gasteiger partial charge >= 0.3 is 0 Å². The van der Waals surface area contributed by atoms with Crippen molar-refractivity contribution in [3.8, 4) is 11.3 Å². The summed E-state index contributed by atoms with van der Waals surface area (Å²) in [4.78, 5) is 26.7. The van der Waals surface area contributed by atoms with E-state index < -0.39 is 5.97 Å². The lowest BCUT2D eigenvalue weighted by molar-refractivity contribution is -0.255. The maximum Gasteiger partial charge on any atom is 0.276 e. The van der Waals surface area contributed by atoms with E-state index in [9.17, 15) is 14.7 Å². The Morgan fingerprint density at radius 1 is 1.12 bits per heavy atom. The molecule has 0 atom stereocenters. The molecule has 0 spiro atoms. The van der Waals surface area contributed by atoms with E-state index in [2.05, 4.69) is 0 Å². The van der Waals surface area contributed by atoms with E-state index in [1.165, 1.54) is 12.1 Å². The van der Waals surface area contributed by atoms with Crippen molar-refractivity contribution in [3.05, 3.63) is 53.4 Å². The van der Waals surface area contributed by atoms with Gasteiger partial charge in [0.25, 0.3) is 5.91 Å². The number of thiocarbonyl (C=S) groups is 1. The Kier molecular flexibility index (Phi) is 4.90. The number of amides is 1. The maximum atomic E-state index is 12.5. The van der Waals surface area contributed by atoms with Crippen LogP contribution in [0.2, 0.25) is 0 Å². The fourth-order valence-electron chi connectivity index (χ4n) is 2.80. The lowest BCUT2D eigenvalue weighted by atomic mass is 10.1. The third-order valence-corrected chi connectivity index (χ3v) is 4.60. The van der Waals surface area contributed by atoms with Gasteiger partial charge in [0, 0.05) is 24.7 Å². The lowest BCUT2D eigenvalue weighted by Crippen LogP contribution is -2.32. The monoisotopic (exact) mass is 369 g/mol. The second-order valence-electron chi connectivity index (χ2n) is 5.67. The first-order chi connectivity index (χ1) is 12.5. The summed E-state index contributed by atoms with van der Waals surface area (Å²) >= 11 is 5.35. The minimum Gasteiger partial charge on any atom is -0.545 e. The molecular formula is C19H17N2O4S-. The molecule has 1 aliphatic rings. The number of carboxylic acids is 1. The van der Waals surface area contributed by atoms with Gasteiger partial charge in [-0.1, -0.05) is 24.3 Å². The summed E-state index contributed by atoms with van der Waals surface area (Å²) in [6.07, 6.45) is 1.67. The Morgan fingerprint density at radius 3 is 2.35 bits per heavy atom. The van der Waals surface area contributed by atoms with Crippen molar-refractivity contribution in [1.82, 2.24) is 9.80 Å². The molecule has 0 N–H and O–H groups in total. The summed E-state index contributed by atoms with van der Waals surface area (Å²) in [6, 6.07) is 9.74. The van der Waals surface area contributed by atoms with Crippen LogP contribution in [0.5, 0.6) is 0 Å². The molecule has 26 heavy (non-hydrogen) atoms. The van der Waals surface area contributed by atoms with E-state index in [1.807, 2.05) is 13.8 Å². The zero-order valence-corrected chi connectivity index (χ0v) is 15.2. The number of hydrogen-bond acceptors (Lipinski definition) is 5. The van der Waals surface area contributed by atoms with Gasteiger partial charge in [-0.05, 0) is 43.8 Å². The highest BCUT2D eigenvalue weighted by atomic mass is 32.1. The SMILES string of the molecule is CCN1C(=O)/C(=C\c2ccc(-c3ccc(C(=O)[O-])cc3)o2)N(CC)C1=S. The number of hydrogen-bond donors (Lipinski definition) is 0. The van der Waals surface area contributed by atoms with Crippen LogP contribution in [-0.2, 0) is 4.79 Å². The largest absolute Gasteiger partial charge is 0.545 e. The van der Waals surface area contributed by atoms with Crippen molar-refractivity contribution in [2.45, 2.75) is 13.8 Å². The molecule has 0 aliphatic carbocycles. The summed E-state index contributed by atoms with van der Waals surface area (Å²) in [7, 11) is 0. The Balaban J connectivity index is 1.90. The third kappa shape index (κ3) is 3.13. The molecule has 0 unspecified atom stereocenters. The number of benzene rings is 1. The summed E-state index contributed by atoms with van der Waals surface area (Å²) in [5, 5.41) is 11.3. The van der Waals surface area contributed by atoms with Gasteiger partial charge in [0.1, 0.15) is 17.2 Å². The van der Waals surface area contributed by atoms with Crippen molar-refractivity contribution in [3.63, 3.8) is 0 Å². The van der Waals surface area contributed by atoms with Crippen molar-refractivity contribution >= 4 is 35.3 Å². The summed E-state index contributed by atoms with van der Waals surface area (Å²) < 4.78 is 5.80. The van der Waals surface area contributed by atoms with Gasteiger partial charge < -0.3 is 19.2 Å². The quantitative estimate of drug-likeness (QED) is 0.594. The number of likely N-dealkylation sites (N-methyl/N-ethyl adjacent to an activating group) is 2. The van der Waals surface area contributed by atoms with Crippen LogP contribution < -0.4 is 5.11 Å². The van der Waals surface area contributed by atoms with Crippen molar-refractivity contribution < 1.29 is 19.1 Å². The van der Waals surface area contributed by atoms with E-state index in [0.717, 1.165) is 5.56 Å². The maximum absolute atomic E-state index is 12.5. The zero-order chi connectivity index (χ0) is 18.8. The molecule has 1 aromatic heterocycles. The molecule has 1 aromatic carbocycles. The van der Waals surface area contributed by atoms with Gasteiger partial charge in [-0.2, -0.15) is 0 Å². The van der Waals surface area contributed by atoms with Crippen LogP contribution in [-0.4, -0.2) is 39.9 Å². The molecule has 2 heterocycles. The highest BCUT2D eigenvalue weighted by molar-refractivity contribution is 7.80. The highest BCUT2D eigenvalue weighted by Crippen LogP contribution is 2.27. The molecule has 7 heteroatoms. The summed E-state index contributed by atoms with van der Waals surface area (Å²) in [5.74, 6) is -0.274. The minimum absolute atomic E-state index is 0.103. The number of carboxylic acid groups (broad SMARTS) is 1. The number of carbonyl (C=O) groups is 2. The van der Waals surface area contributed by atoms with Gasteiger partial charge in [0.05, 0.1) is 5.97 Å². The summed E-state index contributed by atoms with van der Waals surface area (Å²) in [5.41, 5.74) is 1.31. The Labute approximate surface area is 156 Å². The standard InChI is InChI=1S/C19H18N2O4S/c1-3-20-15(17(22)21(4-2)19(20)26)11-14-9-10-16(25-14)12-5-7-13(8-6-12)18(23)24/h5-11H,3-4H2,1-2H3,(H,23,24)/p-1/b15-11+. The molecule has 134 valence electrons. The molecule has 0 radical (unpaired) electrons. The van der Waals surface area contributed by atoms with Gasteiger partial charge in [0.15, 0.2) is 5.11 Å². The second kappa shape index (κ2) is 7.13. The van der Waals surface area contributed by atoms with E-state index in [-0.39, 0.29) is 11.5 Å². The van der Waals surface area contributed by atoms with Gasteiger partial charge in [-0.15, -0.1) is 0 Å². The van der Waals surface area contributed by atoms with Crippen molar-refractivity contribution in [1.29, 1.82) is 0 Å². The first-order valence-corrected chi connectivity index (χ1v) is 8.63. The van der Waals surface area contributed by atoms with Crippen LogP contribution >= 0.6 is 12.2 Å². The number of rotatable bonds is 5. The first-order valence-electron chi connectivity index (χ1n) is 8.23. The Bertz CT molecular complexity index is 899. The zero-order valence-electron chi connectivity index (χ0n) is 14.4. The van der Waals surface area contributed by atoms with E-state index in [0.29, 0.717) is 35.4 Å². The Hall–Kier alpha value is -2.93. The van der Waals surface area contributed by atoms with Crippen LogP contribution in [0.1, 0.15) is 30.0 Å². The van der Waals surface area contributed by atoms with E-state index in [1.54, 1.807) is 40.1 Å². The molecule has 2 aromatic rings. The van der Waals surface area contributed by atoms with Crippen LogP contribution in [0.4, 0.5) is 0 Å². The molecule has 1 amide bonds. The van der Waals surface area contributed by atoms with Crippen LogP contribution in [0.15, 0.2) is 46.5 Å². The topological polar surface area (TPSA) is 76.8 Å². The van der Waals surface area contributed by atoms with Gasteiger partial charge in [-0.3, -0.25) is 9.69 Å². The molecule has 6 nitrogen and oxygen atoms in total. The lowest BCUT2D eigenvalue weighted by Gasteiger charge is -2.16. The van der Waals surface area contributed by atoms with Crippen molar-refractivity contribution in [2.24, 2.45) is 0 Å². The first kappa shape index (κ1) is 17.9. The molecule has 0 bridgehead atoms. The molecule has 1 fully saturated rings. The predicted octanol–water partition coefficient (Wildman–Crippen LogP) is 2.12. The molecule has 1 aliphatic heterocycles. The average Bonchev–Trinajstić information content (AvgIpc) is 3.18. The third-order valence-electron chi connectivity index (χ3n) is 4.16. The van der Waals surface area contributed by atoms with Crippen LogP contribution in [0.25, 0.3) is 17.4 Å². The fourth-order valence-corrected chi connectivity index (χ4v) is 3.24. The predicted molar refractivity (Wildman–Crippen MR) is 98.8 cm³/mol. The average molecular weight is 369 g/mol. The molecular weight excluding hydrogens is 352 g/mol. The van der Waals surface area contributed by atoms with E-state index >= 15 is 0 Å². The molecule has 3 rings (SSSR count). The molecule has 1 saturated heterocycles. The number of furan rings is 1. The Morgan fingerprint density at radius 2 is 1.77 bits per heavy atom.